The van der Waals surface area contributed by atoms with E-state index in [2.05, 4.69) is 5.32 Å². The fourth-order valence-electron chi connectivity index (χ4n) is 3.16. The number of amides is 2. The zero-order valence-corrected chi connectivity index (χ0v) is 14.5. The van der Waals surface area contributed by atoms with E-state index in [-0.39, 0.29) is 11.8 Å². The molecule has 2 aromatic rings. The highest BCUT2D eigenvalue weighted by molar-refractivity contribution is 6.03. The summed E-state index contributed by atoms with van der Waals surface area (Å²) in [6.07, 6.45) is 1.44. The Morgan fingerprint density at radius 3 is 2.76 bits per heavy atom. The predicted molar refractivity (Wildman–Crippen MR) is 96.6 cm³/mol. The summed E-state index contributed by atoms with van der Waals surface area (Å²) in [4.78, 5) is 27.2. The lowest BCUT2D eigenvalue weighted by atomic mass is 10.1. The summed E-state index contributed by atoms with van der Waals surface area (Å²) in [6.45, 7) is 2.49. The number of benzene rings is 2. The zero-order valence-electron chi connectivity index (χ0n) is 14.5. The van der Waals surface area contributed by atoms with E-state index < -0.39 is 6.04 Å². The highest BCUT2D eigenvalue weighted by atomic mass is 16.5. The number of methoxy groups -OCH3 is 1. The van der Waals surface area contributed by atoms with Crippen molar-refractivity contribution in [3.63, 3.8) is 0 Å². The van der Waals surface area contributed by atoms with E-state index in [0.717, 1.165) is 12.0 Å². The Kier molecular flexibility index (Phi) is 5.03. The maximum absolute atomic E-state index is 12.8. The van der Waals surface area contributed by atoms with E-state index in [1.54, 1.807) is 18.1 Å². The van der Waals surface area contributed by atoms with Gasteiger partial charge < -0.3 is 15.0 Å². The number of rotatable bonds is 6. The molecule has 0 saturated heterocycles. The molecule has 1 N–H and O–H groups in total. The van der Waals surface area contributed by atoms with Crippen molar-refractivity contribution in [3.8, 4) is 5.75 Å². The third-order valence-corrected chi connectivity index (χ3v) is 4.43. The molecule has 2 amide bonds. The SMILES string of the molecule is CCCC(C(=O)Nc1cccc(OC)c1)N1Cc2ccccc2C1=O. The molecule has 2 aromatic carbocycles. The van der Waals surface area contributed by atoms with Gasteiger partial charge in [0.05, 0.1) is 7.11 Å². The van der Waals surface area contributed by atoms with Crippen LogP contribution in [0.1, 0.15) is 35.7 Å². The first kappa shape index (κ1) is 17.0. The topological polar surface area (TPSA) is 58.6 Å². The van der Waals surface area contributed by atoms with Crippen LogP contribution < -0.4 is 10.1 Å². The monoisotopic (exact) mass is 338 g/mol. The normalized spacial score (nSPS) is 14.2. The molecule has 1 unspecified atom stereocenters. The van der Waals surface area contributed by atoms with Crippen LogP contribution in [0.15, 0.2) is 48.5 Å². The fraction of sp³-hybridized carbons (Fsp3) is 0.300. The fourth-order valence-corrected chi connectivity index (χ4v) is 3.16. The molecule has 1 aliphatic rings. The highest BCUT2D eigenvalue weighted by Crippen LogP contribution is 2.27. The number of anilines is 1. The van der Waals surface area contributed by atoms with Crippen LogP contribution in [0.5, 0.6) is 5.75 Å². The molecule has 1 heterocycles. The van der Waals surface area contributed by atoms with Gasteiger partial charge in [-0.05, 0) is 30.2 Å². The Morgan fingerprint density at radius 2 is 2.04 bits per heavy atom. The molecule has 5 nitrogen and oxygen atoms in total. The van der Waals surface area contributed by atoms with Crippen molar-refractivity contribution in [1.82, 2.24) is 4.90 Å². The van der Waals surface area contributed by atoms with Crippen molar-refractivity contribution in [1.29, 1.82) is 0 Å². The third-order valence-electron chi connectivity index (χ3n) is 4.43. The van der Waals surface area contributed by atoms with Gasteiger partial charge in [-0.15, -0.1) is 0 Å². The molecule has 0 bridgehead atoms. The van der Waals surface area contributed by atoms with Crippen LogP contribution in [0.25, 0.3) is 0 Å². The quantitative estimate of drug-likeness (QED) is 0.877. The average Bonchev–Trinajstić information content (AvgIpc) is 2.96. The van der Waals surface area contributed by atoms with Crippen LogP contribution in [0.4, 0.5) is 5.69 Å². The molecule has 0 fully saturated rings. The summed E-state index contributed by atoms with van der Waals surface area (Å²) in [5.74, 6) is 0.431. The molecule has 3 rings (SSSR count). The van der Waals surface area contributed by atoms with Gasteiger partial charge in [0.1, 0.15) is 11.8 Å². The lowest BCUT2D eigenvalue weighted by Gasteiger charge is -2.26. The number of hydrogen-bond donors (Lipinski definition) is 1. The largest absolute Gasteiger partial charge is 0.497 e. The first-order chi connectivity index (χ1) is 12.1. The summed E-state index contributed by atoms with van der Waals surface area (Å²) in [5.41, 5.74) is 2.33. The molecule has 0 saturated carbocycles. The van der Waals surface area contributed by atoms with Crippen LogP contribution >= 0.6 is 0 Å². The molecule has 1 aliphatic heterocycles. The lowest BCUT2D eigenvalue weighted by molar-refractivity contribution is -0.120. The van der Waals surface area contributed by atoms with Crippen LogP contribution in [-0.4, -0.2) is 29.9 Å². The molecule has 5 heteroatoms. The van der Waals surface area contributed by atoms with Crippen LogP contribution in [0.3, 0.4) is 0 Å². The molecule has 25 heavy (non-hydrogen) atoms. The maximum Gasteiger partial charge on any atom is 0.255 e. The first-order valence-corrected chi connectivity index (χ1v) is 8.47. The van der Waals surface area contributed by atoms with Gasteiger partial charge in [0, 0.05) is 23.9 Å². The van der Waals surface area contributed by atoms with Crippen LogP contribution in [0, 0.1) is 0 Å². The Morgan fingerprint density at radius 1 is 1.24 bits per heavy atom. The molecule has 0 aromatic heterocycles. The number of carbonyl (C=O) groups is 2. The minimum absolute atomic E-state index is 0.0742. The number of fused-ring (bicyclic) bond motifs is 1. The summed E-state index contributed by atoms with van der Waals surface area (Å²) in [5, 5.41) is 2.91. The van der Waals surface area contributed by atoms with Gasteiger partial charge in [-0.1, -0.05) is 37.6 Å². The zero-order chi connectivity index (χ0) is 17.8. The van der Waals surface area contributed by atoms with Crippen LogP contribution in [-0.2, 0) is 11.3 Å². The minimum Gasteiger partial charge on any atom is -0.497 e. The van der Waals surface area contributed by atoms with E-state index >= 15 is 0 Å². The third kappa shape index (κ3) is 3.50. The molecule has 0 radical (unpaired) electrons. The number of nitrogens with one attached hydrogen (secondary N) is 1. The Balaban J connectivity index is 1.79. The standard InChI is InChI=1S/C20H22N2O3/c1-3-7-18(19(23)21-15-9-6-10-16(12-15)25-2)22-13-14-8-4-5-11-17(14)20(22)24/h4-6,8-12,18H,3,7,13H2,1-2H3,(H,21,23). The molecular formula is C20H22N2O3. The Bertz CT molecular complexity index is 788. The van der Waals surface area contributed by atoms with Crippen molar-refractivity contribution in [2.45, 2.75) is 32.4 Å². The average molecular weight is 338 g/mol. The van der Waals surface area contributed by atoms with Crippen molar-refractivity contribution in [3.05, 3.63) is 59.7 Å². The molecule has 0 spiro atoms. The summed E-state index contributed by atoms with van der Waals surface area (Å²) >= 11 is 0. The minimum atomic E-state index is -0.490. The van der Waals surface area contributed by atoms with Gasteiger partial charge in [-0.2, -0.15) is 0 Å². The van der Waals surface area contributed by atoms with Gasteiger partial charge >= 0.3 is 0 Å². The van der Waals surface area contributed by atoms with E-state index in [1.165, 1.54) is 0 Å². The number of nitrogens with zero attached hydrogens (tertiary/aromatic N) is 1. The number of hydrogen-bond acceptors (Lipinski definition) is 3. The second kappa shape index (κ2) is 7.38. The summed E-state index contributed by atoms with van der Waals surface area (Å²) in [7, 11) is 1.58. The second-order valence-electron chi connectivity index (χ2n) is 6.12. The van der Waals surface area contributed by atoms with Crippen molar-refractivity contribution in [2.24, 2.45) is 0 Å². The lowest BCUT2D eigenvalue weighted by Crippen LogP contribution is -2.44. The maximum atomic E-state index is 12.8. The molecule has 1 atom stereocenters. The molecule has 130 valence electrons. The van der Waals surface area contributed by atoms with Crippen molar-refractivity contribution in [2.75, 3.05) is 12.4 Å². The summed E-state index contributed by atoms with van der Waals surface area (Å²) < 4.78 is 5.19. The number of carbonyl (C=O) groups excluding carboxylic acids is 2. The van der Waals surface area contributed by atoms with Gasteiger partial charge in [0.2, 0.25) is 5.91 Å². The molecule has 0 aliphatic carbocycles. The smallest absolute Gasteiger partial charge is 0.255 e. The number of ether oxygens (including phenoxy) is 1. The van der Waals surface area contributed by atoms with Crippen molar-refractivity contribution < 1.29 is 14.3 Å². The van der Waals surface area contributed by atoms with E-state index in [0.29, 0.717) is 30.0 Å². The van der Waals surface area contributed by atoms with Crippen LogP contribution in [0.2, 0.25) is 0 Å². The van der Waals surface area contributed by atoms with Gasteiger partial charge in [0.15, 0.2) is 0 Å². The molecular weight excluding hydrogens is 316 g/mol. The van der Waals surface area contributed by atoms with E-state index in [9.17, 15) is 9.59 Å². The van der Waals surface area contributed by atoms with Gasteiger partial charge in [0.25, 0.3) is 5.91 Å². The highest BCUT2D eigenvalue weighted by Gasteiger charge is 2.35. The second-order valence-corrected chi connectivity index (χ2v) is 6.12. The predicted octanol–water partition coefficient (Wildman–Crippen LogP) is 3.46. The van der Waals surface area contributed by atoms with E-state index in [4.69, 9.17) is 4.74 Å². The first-order valence-electron chi connectivity index (χ1n) is 8.47. The Hall–Kier alpha value is -2.82. The Labute approximate surface area is 147 Å². The van der Waals surface area contributed by atoms with E-state index in [1.807, 2.05) is 49.4 Å². The summed E-state index contributed by atoms with van der Waals surface area (Å²) in [6, 6.07) is 14.3. The van der Waals surface area contributed by atoms with Gasteiger partial charge in [-0.3, -0.25) is 9.59 Å². The van der Waals surface area contributed by atoms with Crippen molar-refractivity contribution >= 4 is 17.5 Å². The van der Waals surface area contributed by atoms with Gasteiger partial charge in [-0.25, -0.2) is 0 Å².